The quantitative estimate of drug-likeness (QED) is 0.268. The molecule has 1 rings (SSSR count). The molecule has 0 radical (unpaired) electrons. The van der Waals surface area contributed by atoms with E-state index in [1.807, 2.05) is 0 Å². The molecule has 1 atom stereocenters. The molecule has 0 saturated carbocycles. The fraction of sp³-hybridized carbons (Fsp3) is 0.611. The van der Waals surface area contributed by atoms with Crippen LogP contribution in [0.25, 0.3) is 0 Å². The first-order chi connectivity index (χ1) is 12.0. The second-order valence-corrected chi connectivity index (χ2v) is 6.01. The number of ether oxygens (including phenoxy) is 2. The van der Waals surface area contributed by atoms with Crippen LogP contribution in [0, 0.1) is 10.1 Å². The molecule has 0 saturated heterocycles. The van der Waals surface area contributed by atoms with E-state index in [4.69, 9.17) is 15.2 Å². The first kappa shape index (κ1) is 20.9. The highest BCUT2D eigenvalue weighted by Gasteiger charge is 2.19. The van der Waals surface area contributed by atoms with Crippen molar-refractivity contribution < 1.29 is 19.2 Å². The van der Waals surface area contributed by atoms with Crippen molar-refractivity contribution in [2.45, 2.75) is 57.9 Å². The zero-order valence-electron chi connectivity index (χ0n) is 15.0. The fourth-order valence-electron chi connectivity index (χ4n) is 2.50. The lowest BCUT2D eigenvalue weighted by atomic mass is 10.1. The van der Waals surface area contributed by atoms with Crippen molar-refractivity contribution in [2.75, 3.05) is 13.7 Å². The first-order valence-electron chi connectivity index (χ1n) is 8.73. The Bertz CT molecular complexity index is 562. The van der Waals surface area contributed by atoms with Crippen LogP contribution in [0.1, 0.15) is 51.0 Å². The van der Waals surface area contributed by atoms with Crippen molar-refractivity contribution in [3.63, 3.8) is 0 Å². The van der Waals surface area contributed by atoms with Crippen molar-refractivity contribution in [1.82, 2.24) is 0 Å². The van der Waals surface area contributed by atoms with Gasteiger partial charge < -0.3 is 15.2 Å². The van der Waals surface area contributed by atoms with Crippen LogP contribution in [-0.4, -0.2) is 30.7 Å². The summed E-state index contributed by atoms with van der Waals surface area (Å²) in [5.74, 6) is -0.306. The summed E-state index contributed by atoms with van der Waals surface area (Å²) in [4.78, 5) is 22.4. The average molecular weight is 352 g/mol. The van der Waals surface area contributed by atoms with E-state index in [9.17, 15) is 14.9 Å². The molecule has 0 amide bonds. The Morgan fingerprint density at radius 3 is 2.56 bits per heavy atom. The van der Waals surface area contributed by atoms with Gasteiger partial charge in [-0.05, 0) is 24.5 Å². The highest BCUT2D eigenvalue weighted by Crippen LogP contribution is 2.27. The normalized spacial score (nSPS) is 11.8. The van der Waals surface area contributed by atoms with Crippen molar-refractivity contribution in [1.29, 1.82) is 0 Å². The number of rotatable bonds is 12. The van der Waals surface area contributed by atoms with E-state index >= 15 is 0 Å². The third-order valence-electron chi connectivity index (χ3n) is 3.94. The van der Waals surface area contributed by atoms with Gasteiger partial charge in [0.05, 0.1) is 18.6 Å². The number of methoxy groups -OCH3 is 1. The second kappa shape index (κ2) is 11.4. The molecule has 1 unspecified atom stereocenters. The van der Waals surface area contributed by atoms with Crippen molar-refractivity contribution >= 4 is 11.7 Å². The third kappa shape index (κ3) is 7.51. The summed E-state index contributed by atoms with van der Waals surface area (Å²) in [5, 5.41) is 11.0. The molecular weight excluding hydrogens is 324 g/mol. The lowest BCUT2D eigenvalue weighted by Crippen LogP contribution is -2.34. The molecule has 2 N–H and O–H groups in total. The van der Waals surface area contributed by atoms with E-state index in [-0.39, 0.29) is 17.9 Å². The zero-order valence-corrected chi connectivity index (χ0v) is 15.0. The third-order valence-corrected chi connectivity index (χ3v) is 3.94. The average Bonchev–Trinajstić information content (AvgIpc) is 2.60. The SMILES string of the molecule is CCCCCCCCOC(=O)C(N)Cc1ccc(OC)c([N+](=O)[O-])c1. The molecule has 0 aliphatic heterocycles. The monoisotopic (exact) mass is 352 g/mol. The van der Waals surface area contributed by atoms with E-state index in [1.54, 1.807) is 6.07 Å². The van der Waals surface area contributed by atoms with Gasteiger partial charge in [0.25, 0.3) is 0 Å². The van der Waals surface area contributed by atoms with Crippen LogP contribution in [0.3, 0.4) is 0 Å². The molecule has 0 aromatic heterocycles. The van der Waals surface area contributed by atoms with Gasteiger partial charge in [0, 0.05) is 6.07 Å². The minimum atomic E-state index is -0.840. The van der Waals surface area contributed by atoms with Gasteiger partial charge in [0.1, 0.15) is 6.04 Å². The lowest BCUT2D eigenvalue weighted by molar-refractivity contribution is -0.385. The molecule has 0 aliphatic rings. The standard InChI is InChI=1S/C18H28N2O5/c1-3-4-5-6-7-8-11-25-18(21)15(19)12-14-9-10-17(24-2)16(13-14)20(22)23/h9-10,13,15H,3-8,11-12,19H2,1-2H3. The number of nitrogens with two attached hydrogens (primary N) is 1. The summed E-state index contributed by atoms with van der Waals surface area (Å²) in [6, 6.07) is 3.70. The number of carbonyl (C=O) groups excluding carboxylic acids is 1. The molecule has 7 heteroatoms. The molecule has 0 heterocycles. The smallest absolute Gasteiger partial charge is 0.323 e. The van der Waals surface area contributed by atoms with Crippen molar-refractivity contribution in [3.05, 3.63) is 33.9 Å². The topological polar surface area (TPSA) is 105 Å². The Morgan fingerprint density at radius 2 is 1.92 bits per heavy atom. The number of hydrogen-bond acceptors (Lipinski definition) is 6. The van der Waals surface area contributed by atoms with Crippen molar-refractivity contribution in [2.24, 2.45) is 5.73 Å². The van der Waals surface area contributed by atoms with Gasteiger partial charge in [0.15, 0.2) is 5.75 Å². The number of benzene rings is 1. The summed E-state index contributed by atoms with van der Waals surface area (Å²) >= 11 is 0. The minimum absolute atomic E-state index is 0.146. The maximum atomic E-state index is 11.9. The highest BCUT2D eigenvalue weighted by molar-refractivity contribution is 5.76. The number of esters is 1. The molecule has 1 aromatic carbocycles. The molecule has 140 valence electrons. The number of nitro benzene ring substituents is 1. The van der Waals surface area contributed by atoms with Crippen molar-refractivity contribution in [3.8, 4) is 5.75 Å². The Balaban J connectivity index is 2.42. The van der Waals surface area contributed by atoms with Gasteiger partial charge in [-0.15, -0.1) is 0 Å². The molecule has 0 spiro atoms. The minimum Gasteiger partial charge on any atom is -0.490 e. The number of unbranched alkanes of at least 4 members (excludes halogenated alkanes) is 5. The summed E-state index contributed by atoms with van der Waals surface area (Å²) in [7, 11) is 1.37. The van der Waals surface area contributed by atoms with Crippen LogP contribution in [0.4, 0.5) is 5.69 Å². The van der Waals surface area contributed by atoms with Crippen LogP contribution in [0.5, 0.6) is 5.75 Å². The molecular formula is C18H28N2O5. The molecule has 25 heavy (non-hydrogen) atoms. The number of nitro groups is 1. The second-order valence-electron chi connectivity index (χ2n) is 6.01. The van der Waals surface area contributed by atoms with Crippen LogP contribution < -0.4 is 10.5 Å². The van der Waals surface area contributed by atoms with Crippen LogP contribution in [-0.2, 0) is 16.0 Å². The summed E-state index contributed by atoms with van der Waals surface area (Å²) in [6.45, 7) is 2.53. The zero-order chi connectivity index (χ0) is 18.7. The van der Waals surface area contributed by atoms with Crippen LogP contribution in [0.15, 0.2) is 18.2 Å². The maximum absolute atomic E-state index is 11.9. The van der Waals surface area contributed by atoms with E-state index in [1.165, 1.54) is 38.5 Å². The van der Waals surface area contributed by atoms with Gasteiger partial charge in [-0.25, -0.2) is 0 Å². The number of carbonyl (C=O) groups is 1. The summed E-state index contributed by atoms with van der Waals surface area (Å²) < 4.78 is 10.1. The summed E-state index contributed by atoms with van der Waals surface area (Å²) in [6.07, 6.45) is 6.84. The van der Waals surface area contributed by atoms with E-state index in [0.29, 0.717) is 12.2 Å². The van der Waals surface area contributed by atoms with Crippen LogP contribution in [0.2, 0.25) is 0 Å². The van der Waals surface area contributed by atoms with E-state index in [0.717, 1.165) is 19.3 Å². The Kier molecular flexibility index (Phi) is 9.54. The highest BCUT2D eigenvalue weighted by atomic mass is 16.6. The predicted molar refractivity (Wildman–Crippen MR) is 95.7 cm³/mol. The van der Waals surface area contributed by atoms with Gasteiger partial charge in [-0.1, -0.05) is 45.1 Å². The summed E-state index contributed by atoms with van der Waals surface area (Å²) in [5.41, 5.74) is 6.30. The number of nitrogens with zero attached hydrogens (tertiary/aromatic N) is 1. The lowest BCUT2D eigenvalue weighted by Gasteiger charge is -2.12. The van der Waals surface area contributed by atoms with Crippen LogP contribution >= 0.6 is 0 Å². The predicted octanol–water partition coefficient (Wildman–Crippen LogP) is 3.38. The van der Waals surface area contributed by atoms with Gasteiger partial charge >= 0.3 is 11.7 Å². The van der Waals surface area contributed by atoms with Gasteiger partial charge in [-0.3, -0.25) is 14.9 Å². The Hall–Kier alpha value is -2.15. The molecule has 1 aromatic rings. The molecule has 0 bridgehead atoms. The maximum Gasteiger partial charge on any atom is 0.323 e. The first-order valence-corrected chi connectivity index (χ1v) is 8.73. The molecule has 0 aliphatic carbocycles. The van der Waals surface area contributed by atoms with Gasteiger partial charge in [-0.2, -0.15) is 0 Å². The largest absolute Gasteiger partial charge is 0.490 e. The molecule has 7 nitrogen and oxygen atoms in total. The van der Waals surface area contributed by atoms with Gasteiger partial charge in [0.2, 0.25) is 0 Å². The number of hydrogen-bond donors (Lipinski definition) is 1. The van der Waals surface area contributed by atoms with E-state index < -0.39 is 16.9 Å². The van der Waals surface area contributed by atoms with E-state index in [2.05, 4.69) is 6.92 Å². The Morgan fingerprint density at radius 1 is 1.24 bits per heavy atom. The Labute approximate surface area is 148 Å². The molecule has 0 fully saturated rings. The fourth-order valence-corrected chi connectivity index (χ4v) is 2.50.